The Bertz CT molecular complexity index is 846. The smallest absolute Gasteiger partial charge is 0.191 e. The van der Waals surface area contributed by atoms with Gasteiger partial charge in [0.2, 0.25) is 0 Å². The van der Waals surface area contributed by atoms with E-state index in [0.29, 0.717) is 19.8 Å². The number of hydrogen-bond acceptors (Lipinski definition) is 5. The summed E-state index contributed by atoms with van der Waals surface area (Å²) < 4.78 is 22.0. The van der Waals surface area contributed by atoms with Gasteiger partial charge in [0.15, 0.2) is 29.0 Å². The number of benzene rings is 2. The maximum absolute atomic E-state index is 5.66. The molecule has 0 heterocycles. The van der Waals surface area contributed by atoms with E-state index in [1.807, 2.05) is 38.1 Å². The Balaban J connectivity index is 0.00000512. The molecule has 0 aliphatic carbocycles. The predicted molar refractivity (Wildman–Crippen MR) is 140 cm³/mol. The van der Waals surface area contributed by atoms with Crippen molar-refractivity contribution < 1.29 is 18.9 Å². The highest BCUT2D eigenvalue weighted by Gasteiger charge is 2.07. The summed E-state index contributed by atoms with van der Waals surface area (Å²) in [7, 11) is 5.07. The summed E-state index contributed by atoms with van der Waals surface area (Å²) in [6.07, 6.45) is 1.90. The van der Waals surface area contributed by atoms with Gasteiger partial charge in [0.25, 0.3) is 0 Å². The minimum atomic E-state index is 0. The number of rotatable bonds is 12. The summed E-state index contributed by atoms with van der Waals surface area (Å²) in [6, 6.07) is 12.0. The molecule has 178 valence electrons. The van der Waals surface area contributed by atoms with E-state index in [1.165, 1.54) is 5.56 Å². The molecular weight excluding hydrogens is 521 g/mol. The molecule has 0 spiro atoms. The van der Waals surface area contributed by atoms with Crippen LogP contribution in [-0.4, -0.2) is 47.0 Å². The molecule has 0 aliphatic heterocycles. The molecule has 8 heteroatoms. The molecule has 7 nitrogen and oxygen atoms in total. The summed E-state index contributed by atoms with van der Waals surface area (Å²) in [5, 5.41) is 6.69. The van der Waals surface area contributed by atoms with Crippen molar-refractivity contribution in [1.82, 2.24) is 10.6 Å². The highest BCUT2D eigenvalue weighted by Crippen LogP contribution is 2.29. The molecular formula is C24H36IN3O4. The molecule has 0 saturated carbocycles. The first-order chi connectivity index (χ1) is 15.1. The standard InChI is InChI=1S/C24H35N3O4.HI/c1-6-30-21-13-11-19(16-22(21)29-5)17-27-24(25-3)26-14-8-9-18-10-12-20(28-4)23(15-18)31-7-2;/h10-13,15-16H,6-9,14,17H2,1-5H3,(H2,25,26,27);1H. The second kappa shape index (κ2) is 15.4. The van der Waals surface area contributed by atoms with Crippen LogP contribution >= 0.6 is 24.0 Å². The molecule has 0 amide bonds. The Hall–Kier alpha value is -2.36. The first-order valence-electron chi connectivity index (χ1n) is 10.7. The first kappa shape index (κ1) is 27.7. The summed E-state index contributed by atoms with van der Waals surface area (Å²) >= 11 is 0. The quantitative estimate of drug-likeness (QED) is 0.174. The maximum Gasteiger partial charge on any atom is 0.191 e. The molecule has 0 radical (unpaired) electrons. The lowest BCUT2D eigenvalue weighted by Gasteiger charge is -2.14. The fraction of sp³-hybridized carbons (Fsp3) is 0.458. The third-order valence-corrected chi connectivity index (χ3v) is 4.67. The lowest BCUT2D eigenvalue weighted by Crippen LogP contribution is -2.37. The van der Waals surface area contributed by atoms with Crippen LogP contribution in [0.1, 0.15) is 31.4 Å². The number of halogens is 1. The predicted octanol–water partition coefficient (Wildman–Crippen LogP) is 4.42. The van der Waals surface area contributed by atoms with Gasteiger partial charge in [-0.2, -0.15) is 0 Å². The van der Waals surface area contributed by atoms with Crippen LogP contribution in [0.25, 0.3) is 0 Å². The average molecular weight is 557 g/mol. The largest absolute Gasteiger partial charge is 0.493 e. The number of methoxy groups -OCH3 is 2. The van der Waals surface area contributed by atoms with Gasteiger partial charge in [-0.05, 0) is 62.1 Å². The van der Waals surface area contributed by atoms with E-state index < -0.39 is 0 Å². The van der Waals surface area contributed by atoms with Crippen LogP contribution in [0, 0.1) is 0 Å². The zero-order valence-corrected chi connectivity index (χ0v) is 22.0. The molecule has 2 N–H and O–H groups in total. The molecule has 0 aromatic heterocycles. The van der Waals surface area contributed by atoms with Crippen LogP contribution in [-0.2, 0) is 13.0 Å². The Kier molecular flexibility index (Phi) is 13.4. The van der Waals surface area contributed by atoms with E-state index in [1.54, 1.807) is 21.3 Å². The Morgan fingerprint density at radius 2 is 1.44 bits per heavy atom. The molecule has 2 aromatic carbocycles. The number of nitrogens with zero attached hydrogens (tertiary/aromatic N) is 1. The fourth-order valence-electron chi connectivity index (χ4n) is 3.15. The molecule has 0 saturated heterocycles. The van der Waals surface area contributed by atoms with Gasteiger partial charge in [0.05, 0.1) is 27.4 Å². The van der Waals surface area contributed by atoms with Gasteiger partial charge in [0, 0.05) is 20.1 Å². The van der Waals surface area contributed by atoms with Gasteiger partial charge in [-0.15, -0.1) is 24.0 Å². The van der Waals surface area contributed by atoms with E-state index in [4.69, 9.17) is 18.9 Å². The lowest BCUT2D eigenvalue weighted by molar-refractivity contribution is 0.310. The molecule has 0 bridgehead atoms. The van der Waals surface area contributed by atoms with E-state index in [0.717, 1.165) is 53.9 Å². The number of guanidine groups is 1. The Morgan fingerprint density at radius 3 is 2.09 bits per heavy atom. The zero-order valence-electron chi connectivity index (χ0n) is 19.7. The molecule has 32 heavy (non-hydrogen) atoms. The Morgan fingerprint density at radius 1 is 0.812 bits per heavy atom. The number of hydrogen-bond donors (Lipinski definition) is 2. The van der Waals surface area contributed by atoms with Gasteiger partial charge in [-0.1, -0.05) is 12.1 Å². The minimum Gasteiger partial charge on any atom is -0.493 e. The zero-order chi connectivity index (χ0) is 22.5. The number of aliphatic imine (C=N–C) groups is 1. The second-order valence-corrected chi connectivity index (χ2v) is 6.79. The number of ether oxygens (including phenoxy) is 4. The average Bonchev–Trinajstić information content (AvgIpc) is 2.80. The van der Waals surface area contributed by atoms with Crippen LogP contribution in [0.5, 0.6) is 23.0 Å². The van der Waals surface area contributed by atoms with E-state index in [2.05, 4.69) is 27.8 Å². The van der Waals surface area contributed by atoms with Crippen molar-refractivity contribution in [2.24, 2.45) is 4.99 Å². The van der Waals surface area contributed by atoms with E-state index in [9.17, 15) is 0 Å². The van der Waals surface area contributed by atoms with E-state index >= 15 is 0 Å². The summed E-state index contributed by atoms with van der Waals surface area (Å²) in [5.74, 6) is 3.80. The van der Waals surface area contributed by atoms with Crippen molar-refractivity contribution in [3.63, 3.8) is 0 Å². The van der Waals surface area contributed by atoms with Gasteiger partial charge < -0.3 is 29.6 Å². The molecule has 0 fully saturated rings. The molecule has 2 aromatic rings. The minimum absolute atomic E-state index is 0. The van der Waals surface area contributed by atoms with Gasteiger partial charge in [-0.25, -0.2) is 0 Å². The topological polar surface area (TPSA) is 73.3 Å². The fourth-order valence-corrected chi connectivity index (χ4v) is 3.15. The molecule has 2 rings (SSSR count). The van der Waals surface area contributed by atoms with Crippen LogP contribution in [0.4, 0.5) is 0 Å². The van der Waals surface area contributed by atoms with Gasteiger partial charge in [-0.3, -0.25) is 4.99 Å². The molecule has 0 atom stereocenters. The maximum atomic E-state index is 5.66. The summed E-state index contributed by atoms with van der Waals surface area (Å²) in [5.41, 5.74) is 2.31. The van der Waals surface area contributed by atoms with Crippen LogP contribution in [0.2, 0.25) is 0 Å². The van der Waals surface area contributed by atoms with Crippen molar-refractivity contribution in [3.05, 3.63) is 47.5 Å². The SMILES string of the molecule is CCOc1ccc(CNC(=NC)NCCCc2ccc(OC)c(OCC)c2)cc1OC.I. The molecule has 0 unspecified atom stereocenters. The van der Waals surface area contributed by atoms with Crippen LogP contribution in [0.15, 0.2) is 41.4 Å². The normalized spacial score (nSPS) is 10.7. The second-order valence-electron chi connectivity index (χ2n) is 6.79. The summed E-state index contributed by atoms with van der Waals surface area (Å²) in [6.45, 7) is 6.59. The Labute approximate surface area is 208 Å². The van der Waals surface area contributed by atoms with Gasteiger partial charge in [0.1, 0.15) is 0 Å². The monoisotopic (exact) mass is 557 g/mol. The van der Waals surface area contributed by atoms with Crippen LogP contribution < -0.4 is 29.6 Å². The van der Waals surface area contributed by atoms with Crippen molar-refractivity contribution >= 4 is 29.9 Å². The van der Waals surface area contributed by atoms with Crippen LogP contribution in [0.3, 0.4) is 0 Å². The third kappa shape index (κ3) is 8.64. The van der Waals surface area contributed by atoms with Crippen molar-refractivity contribution in [2.45, 2.75) is 33.2 Å². The first-order valence-corrected chi connectivity index (χ1v) is 10.7. The highest BCUT2D eigenvalue weighted by molar-refractivity contribution is 14.0. The third-order valence-electron chi connectivity index (χ3n) is 4.67. The van der Waals surface area contributed by atoms with E-state index in [-0.39, 0.29) is 24.0 Å². The van der Waals surface area contributed by atoms with Crippen molar-refractivity contribution in [2.75, 3.05) is 41.0 Å². The number of nitrogens with one attached hydrogen (secondary N) is 2. The van der Waals surface area contributed by atoms with Crippen molar-refractivity contribution in [1.29, 1.82) is 0 Å². The molecule has 0 aliphatic rings. The van der Waals surface area contributed by atoms with Gasteiger partial charge >= 0.3 is 0 Å². The number of aryl methyl sites for hydroxylation is 1. The summed E-state index contributed by atoms with van der Waals surface area (Å²) in [4.78, 5) is 4.30. The highest BCUT2D eigenvalue weighted by atomic mass is 127. The lowest BCUT2D eigenvalue weighted by atomic mass is 10.1. The van der Waals surface area contributed by atoms with Crippen molar-refractivity contribution in [3.8, 4) is 23.0 Å².